The van der Waals surface area contributed by atoms with E-state index in [0.29, 0.717) is 13.0 Å². The third-order valence-electron chi connectivity index (χ3n) is 2.77. The Morgan fingerprint density at radius 3 is 2.93 bits per heavy atom. The van der Waals surface area contributed by atoms with Gasteiger partial charge < -0.3 is 10.6 Å². The minimum atomic E-state index is -0.0244. The standard InChI is InChI=1S/C11H15N3O/c1-8(10-4-2-3-5-13-10)14-7-9(12)6-11(14)15/h2-5,8-9H,6-7,12H2,1H3/t8-,9?/m0/s1. The lowest BCUT2D eigenvalue weighted by molar-refractivity contribution is -0.129. The van der Waals surface area contributed by atoms with Gasteiger partial charge in [0.1, 0.15) is 0 Å². The van der Waals surface area contributed by atoms with Crippen LogP contribution in [0.3, 0.4) is 0 Å². The van der Waals surface area contributed by atoms with Crippen LogP contribution in [0.2, 0.25) is 0 Å². The van der Waals surface area contributed by atoms with Crippen LogP contribution in [0.4, 0.5) is 0 Å². The van der Waals surface area contributed by atoms with E-state index in [1.807, 2.05) is 25.1 Å². The van der Waals surface area contributed by atoms with Crippen molar-refractivity contribution in [1.82, 2.24) is 9.88 Å². The number of hydrogen-bond acceptors (Lipinski definition) is 3. The van der Waals surface area contributed by atoms with Crippen molar-refractivity contribution >= 4 is 5.91 Å². The second-order valence-corrected chi connectivity index (χ2v) is 3.94. The third kappa shape index (κ3) is 1.99. The predicted molar refractivity (Wildman–Crippen MR) is 57.0 cm³/mol. The first-order chi connectivity index (χ1) is 7.18. The molecule has 0 radical (unpaired) electrons. The van der Waals surface area contributed by atoms with E-state index in [4.69, 9.17) is 5.73 Å². The summed E-state index contributed by atoms with van der Waals surface area (Å²) in [4.78, 5) is 17.7. The molecule has 1 aliphatic rings. The Morgan fingerprint density at radius 2 is 2.40 bits per heavy atom. The molecule has 1 saturated heterocycles. The van der Waals surface area contributed by atoms with E-state index in [1.165, 1.54) is 0 Å². The lowest BCUT2D eigenvalue weighted by Gasteiger charge is -2.23. The van der Waals surface area contributed by atoms with E-state index in [2.05, 4.69) is 4.98 Å². The first kappa shape index (κ1) is 10.1. The summed E-state index contributed by atoms with van der Waals surface area (Å²) in [5.74, 6) is 0.126. The zero-order valence-corrected chi connectivity index (χ0v) is 8.76. The Balaban J connectivity index is 2.15. The molecule has 2 heterocycles. The van der Waals surface area contributed by atoms with Crippen LogP contribution < -0.4 is 5.73 Å². The molecule has 0 bridgehead atoms. The van der Waals surface area contributed by atoms with Crippen molar-refractivity contribution in [3.63, 3.8) is 0 Å². The summed E-state index contributed by atoms with van der Waals surface area (Å²) in [5, 5.41) is 0. The van der Waals surface area contributed by atoms with Crippen LogP contribution in [0.25, 0.3) is 0 Å². The van der Waals surface area contributed by atoms with E-state index < -0.39 is 0 Å². The zero-order chi connectivity index (χ0) is 10.8. The van der Waals surface area contributed by atoms with Crippen molar-refractivity contribution in [3.05, 3.63) is 30.1 Å². The van der Waals surface area contributed by atoms with Crippen LogP contribution in [0, 0.1) is 0 Å². The molecule has 1 unspecified atom stereocenters. The fraction of sp³-hybridized carbons (Fsp3) is 0.455. The molecule has 15 heavy (non-hydrogen) atoms. The Bertz CT molecular complexity index is 352. The number of pyridine rings is 1. The monoisotopic (exact) mass is 205 g/mol. The maximum atomic E-state index is 11.6. The highest BCUT2D eigenvalue weighted by Gasteiger charge is 2.31. The van der Waals surface area contributed by atoms with Gasteiger partial charge in [0.2, 0.25) is 5.91 Å². The summed E-state index contributed by atoms with van der Waals surface area (Å²) < 4.78 is 0. The van der Waals surface area contributed by atoms with Gasteiger partial charge in [-0.05, 0) is 19.1 Å². The summed E-state index contributed by atoms with van der Waals surface area (Å²) in [6.07, 6.45) is 2.20. The lowest BCUT2D eigenvalue weighted by Crippen LogP contribution is -2.31. The summed E-state index contributed by atoms with van der Waals surface area (Å²) >= 11 is 0. The highest BCUT2D eigenvalue weighted by atomic mass is 16.2. The fourth-order valence-electron chi connectivity index (χ4n) is 1.92. The first-order valence-corrected chi connectivity index (χ1v) is 5.14. The second kappa shape index (κ2) is 3.98. The molecule has 80 valence electrons. The molecular weight excluding hydrogens is 190 g/mol. The molecule has 2 rings (SSSR count). The van der Waals surface area contributed by atoms with Crippen LogP contribution >= 0.6 is 0 Å². The molecular formula is C11H15N3O. The molecule has 1 aliphatic heterocycles. The van der Waals surface area contributed by atoms with Crippen LogP contribution in [0.15, 0.2) is 24.4 Å². The Labute approximate surface area is 89.1 Å². The van der Waals surface area contributed by atoms with Gasteiger partial charge in [0.25, 0.3) is 0 Å². The third-order valence-corrected chi connectivity index (χ3v) is 2.77. The highest BCUT2D eigenvalue weighted by Crippen LogP contribution is 2.23. The molecule has 4 heteroatoms. The van der Waals surface area contributed by atoms with E-state index in [0.717, 1.165) is 5.69 Å². The van der Waals surface area contributed by atoms with E-state index in [-0.39, 0.29) is 18.0 Å². The average molecular weight is 205 g/mol. The molecule has 2 atom stereocenters. The van der Waals surface area contributed by atoms with Crippen molar-refractivity contribution in [1.29, 1.82) is 0 Å². The number of hydrogen-bond donors (Lipinski definition) is 1. The maximum absolute atomic E-state index is 11.6. The molecule has 4 nitrogen and oxygen atoms in total. The summed E-state index contributed by atoms with van der Waals surface area (Å²) in [5.41, 5.74) is 6.67. The minimum Gasteiger partial charge on any atom is -0.333 e. The number of aromatic nitrogens is 1. The van der Waals surface area contributed by atoms with Crippen LogP contribution in [-0.4, -0.2) is 28.4 Å². The Kier molecular flexibility index (Phi) is 2.68. The van der Waals surface area contributed by atoms with E-state index in [9.17, 15) is 4.79 Å². The lowest BCUT2D eigenvalue weighted by atomic mass is 10.2. The molecule has 1 amide bonds. The Hall–Kier alpha value is -1.42. The number of likely N-dealkylation sites (tertiary alicyclic amines) is 1. The average Bonchev–Trinajstić information content (AvgIpc) is 2.58. The van der Waals surface area contributed by atoms with Crippen molar-refractivity contribution in [2.75, 3.05) is 6.54 Å². The number of nitrogens with zero attached hydrogens (tertiary/aromatic N) is 2. The molecule has 0 spiro atoms. The van der Waals surface area contributed by atoms with Gasteiger partial charge in [-0.1, -0.05) is 6.07 Å². The highest BCUT2D eigenvalue weighted by molar-refractivity contribution is 5.79. The van der Waals surface area contributed by atoms with Gasteiger partial charge in [-0.2, -0.15) is 0 Å². The van der Waals surface area contributed by atoms with E-state index >= 15 is 0 Å². The van der Waals surface area contributed by atoms with Crippen LogP contribution in [-0.2, 0) is 4.79 Å². The molecule has 0 aliphatic carbocycles. The number of amides is 1. The van der Waals surface area contributed by atoms with Crippen molar-refractivity contribution < 1.29 is 4.79 Å². The molecule has 1 fully saturated rings. The number of carbonyl (C=O) groups excluding carboxylic acids is 1. The van der Waals surface area contributed by atoms with Crippen molar-refractivity contribution in [2.24, 2.45) is 5.73 Å². The topological polar surface area (TPSA) is 59.2 Å². The summed E-state index contributed by atoms with van der Waals surface area (Å²) in [6, 6.07) is 5.73. The molecule has 0 saturated carbocycles. The molecule has 0 aromatic carbocycles. The predicted octanol–water partition coefficient (Wildman–Crippen LogP) is 0.702. The summed E-state index contributed by atoms with van der Waals surface area (Å²) in [7, 11) is 0. The zero-order valence-electron chi connectivity index (χ0n) is 8.76. The van der Waals surface area contributed by atoms with Gasteiger partial charge in [0, 0.05) is 25.2 Å². The Morgan fingerprint density at radius 1 is 1.60 bits per heavy atom. The quantitative estimate of drug-likeness (QED) is 0.773. The molecule has 2 N–H and O–H groups in total. The largest absolute Gasteiger partial charge is 0.333 e. The van der Waals surface area contributed by atoms with Gasteiger partial charge in [-0.25, -0.2) is 0 Å². The smallest absolute Gasteiger partial charge is 0.224 e. The minimum absolute atomic E-state index is 0.0206. The molecule has 1 aromatic heterocycles. The maximum Gasteiger partial charge on any atom is 0.224 e. The van der Waals surface area contributed by atoms with Gasteiger partial charge in [0.05, 0.1) is 11.7 Å². The number of carbonyl (C=O) groups is 1. The van der Waals surface area contributed by atoms with Gasteiger partial charge in [0.15, 0.2) is 0 Å². The van der Waals surface area contributed by atoms with Crippen LogP contribution in [0.5, 0.6) is 0 Å². The van der Waals surface area contributed by atoms with Gasteiger partial charge in [-0.15, -0.1) is 0 Å². The second-order valence-electron chi connectivity index (χ2n) is 3.94. The number of nitrogens with two attached hydrogens (primary N) is 1. The molecule has 1 aromatic rings. The summed E-state index contributed by atoms with van der Waals surface area (Å²) in [6.45, 7) is 2.62. The van der Waals surface area contributed by atoms with Crippen molar-refractivity contribution in [3.8, 4) is 0 Å². The van der Waals surface area contributed by atoms with Gasteiger partial charge in [-0.3, -0.25) is 9.78 Å². The normalized spacial score (nSPS) is 23.2. The SMILES string of the molecule is C[C@@H](c1ccccn1)N1CC(N)CC1=O. The van der Waals surface area contributed by atoms with Gasteiger partial charge >= 0.3 is 0 Å². The van der Waals surface area contributed by atoms with E-state index in [1.54, 1.807) is 11.1 Å². The van der Waals surface area contributed by atoms with Crippen molar-refractivity contribution in [2.45, 2.75) is 25.4 Å². The number of rotatable bonds is 2. The first-order valence-electron chi connectivity index (χ1n) is 5.14. The van der Waals surface area contributed by atoms with Crippen LogP contribution in [0.1, 0.15) is 25.1 Å². The fourth-order valence-corrected chi connectivity index (χ4v) is 1.92.